The third kappa shape index (κ3) is 5.74. The predicted octanol–water partition coefficient (Wildman–Crippen LogP) is 2.99. The Labute approximate surface area is 163 Å². The van der Waals surface area contributed by atoms with Crippen LogP contribution in [0.25, 0.3) is 0 Å². The number of benzene rings is 2. The van der Waals surface area contributed by atoms with Gasteiger partial charge in [-0.25, -0.2) is 22.3 Å². The maximum atomic E-state index is 13.5. The highest BCUT2D eigenvalue weighted by atomic mass is 32.2. The van der Waals surface area contributed by atoms with Crippen molar-refractivity contribution in [1.29, 1.82) is 0 Å². The Hall–Kier alpha value is -2.52. The summed E-state index contributed by atoms with van der Waals surface area (Å²) in [5.74, 6) is -1.75. The summed E-state index contributed by atoms with van der Waals surface area (Å²) in [6.07, 6.45) is 0.489. The topological polar surface area (TPSA) is 89.7 Å². The molecular weight excluding hydrogens is 390 g/mol. The van der Waals surface area contributed by atoms with Crippen molar-refractivity contribution < 1.29 is 26.7 Å². The van der Waals surface area contributed by atoms with Gasteiger partial charge in [-0.1, -0.05) is 12.1 Å². The summed E-state index contributed by atoms with van der Waals surface area (Å²) in [6.45, 7) is 1.86. The van der Waals surface area contributed by atoms with Gasteiger partial charge in [0.05, 0.1) is 17.5 Å². The average Bonchev–Trinajstić information content (AvgIpc) is 2.64. The molecule has 0 spiro atoms. The number of nitrogens with zero attached hydrogens (tertiary/aromatic N) is 1. The zero-order valence-corrected chi connectivity index (χ0v) is 16.4. The summed E-state index contributed by atoms with van der Waals surface area (Å²) in [5.41, 5.74) is 0.631. The van der Waals surface area contributed by atoms with Crippen LogP contribution in [0.4, 0.5) is 8.78 Å². The molecule has 1 atom stereocenters. The molecule has 2 N–H and O–H groups in total. The highest BCUT2D eigenvalue weighted by Gasteiger charge is 2.19. The van der Waals surface area contributed by atoms with Gasteiger partial charge in [-0.3, -0.25) is 4.79 Å². The van der Waals surface area contributed by atoms with E-state index in [0.29, 0.717) is 12.0 Å². The van der Waals surface area contributed by atoms with Gasteiger partial charge in [-0.05, 0) is 43.2 Å². The second-order valence-electron chi connectivity index (χ2n) is 6.32. The van der Waals surface area contributed by atoms with Gasteiger partial charge in [-0.2, -0.15) is 0 Å². The second-order valence-corrected chi connectivity index (χ2v) is 7.89. The normalized spacial score (nSPS) is 12.5. The van der Waals surface area contributed by atoms with E-state index in [1.807, 2.05) is 0 Å². The predicted molar refractivity (Wildman–Crippen MR) is 100 cm³/mol. The Kier molecular flexibility index (Phi) is 7.09. The third-order valence-electron chi connectivity index (χ3n) is 4.33. The molecule has 1 amide bonds. The number of nitrogens with two attached hydrogens (primary N) is 1. The Morgan fingerprint density at radius 1 is 1.21 bits per heavy atom. The lowest BCUT2D eigenvalue weighted by Gasteiger charge is -2.25. The minimum atomic E-state index is -3.83. The molecule has 0 aliphatic rings. The molecule has 2 aromatic carbocycles. The van der Waals surface area contributed by atoms with E-state index in [1.165, 1.54) is 23.1 Å². The van der Waals surface area contributed by atoms with Gasteiger partial charge in [-0.15, -0.1) is 0 Å². The Morgan fingerprint density at radius 2 is 1.93 bits per heavy atom. The fraction of sp³-hybridized carbons (Fsp3) is 0.316. The number of primary sulfonamides is 1. The van der Waals surface area contributed by atoms with Crippen LogP contribution in [0.5, 0.6) is 5.75 Å². The van der Waals surface area contributed by atoms with Crippen molar-refractivity contribution in [2.24, 2.45) is 5.14 Å². The summed E-state index contributed by atoms with van der Waals surface area (Å²) < 4.78 is 54.5. The van der Waals surface area contributed by atoms with Crippen molar-refractivity contribution in [3.05, 3.63) is 59.7 Å². The molecule has 0 bridgehead atoms. The first-order valence-electron chi connectivity index (χ1n) is 8.56. The van der Waals surface area contributed by atoms with E-state index >= 15 is 0 Å². The highest BCUT2D eigenvalue weighted by molar-refractivity contribution is 7.89. The lowest BCUT2D eigenvalue weighted by Crippen LogP contribution is -2.30. The molecule has 0 fully saturated rings. The fourth-order valence-electron chi connectivity index (χ4n) is 2.57. The number of hydrogen-bond donors (Lipinski definition) is 1. The molecule has 28 heavy (non-hydrogen) atoms. The lowest BCUT2D eigenvalue weighted by atomic mass is 10.1. The van der Waals surface area contributed by atoms with Crippen LogP contribution in [-0.2, 0) is 14.8 Å². The third-order valence-corrected chi connectivity index (χ3v) is 5.24. The van der Waals surface area contributed by atoms with Crippen LogP contribution in [0.1, 0.15) is 31.4 Å². The number of amides is 1. The van der Waals surface area contributed by atoms with E-state index in [2.05, 4.69) is 0 Å². The van der Waals surface area contributed by atoms with Crippen molar-refractivity contribution in [1.82, 2.24) is 4.90 Å². The van der Waals surface area contributed by atoms with E-state index in [0.717, 1.165) is 12.1 Å². The zero-order valence-electron chi connectivity index (χ0n) is 15.6. The van der Waals surface area contributed by atoms with Crippen LogP contribution in [0.15, 0.2) is 47.4 Å². The van der Waals surface area contributed by atoms with Crippen LogP contribution in [0, 0.1) is 11.6 Å². The number of sulfonamides is 1. The fourth-order valence-corrected chi connectivity index (χ4v) is 3.13. The molecule has 6 nitrogen and oxygen atoms in total. The van der Waals surface area contributed by atoms with Crippen LogP contribution in [0.2, 0.25) is 0 Å². The SMILES string of the molecule is CC(c1cccc(S(N)(=O)=O)c1)N(C)C(=O)CCCOc1ccc(F)cc1F. The second kappa shape index (κ2) is 9.11. The van der Waals surface area contributed by atoms with Gasteiger partial charge in [0.25, 0.3) is 0 Å². The van der Waals surface area contributed by atoms with Gasteiger partial charge < -0.3 is 9.64 Å². The van der Waals surface area contributed by atoms with Gasteiger partial charge in [0, 0.05) is 19.5 Å². The van der Waals surface area contributed by atoms with Crippen molar-refractivity contribution in [2.45, 2.75) is 30.7 Å². The van der Waals surface area contributed by atoms with E-state index in [1.54, 1.807) is 26.1 Å². The molecule has 0 heterocycles. The number of halogens is 2. The first-order chi connectivity index (χ1) is 13.1. The molecule has 2 aromatic rings. The average molecular weight is 412 g/mol. The standard InChI is InChI=1S/C19H22F2N2O4S/c1-13(14-5-3-6-16(11-14)28(22,25)26)23(2)19(24)7-4-10-27-18-9-8-15(20)12-17(18)21/h3,5-6,8-9,11-13H,4,7,10H2,1-2H3,(H2,22,25,26). The van der Waals surface area contributed by atoms with Crippen molar-refractivity contribution in [3.8, 4) is 5.75 Å². The number of hydrogen-bond acceptors (Lipinski definition) is 4. The Morgan fingerprint density at radius 3 is 2.57 bits per heavy atom. The van der Waals surface area contributed by atoms with Gasteiger partial charge in [0.2, 0.25) is 15.9 Å². The molecule has 1 unspecified atom stereocenters. The first-order valence-corrected chi connectivity index (χ1v) is 10.1. The number of rotatable bonds is 8. The monoisotopic (exact) mass is 412 g/mol. The molecule has 0 saturated heterocycles. The van der Waals surface area contributed by atoms with E-state index in [-0.39, 0.29) is 35.6 Å². The maximum absolute atomic E-state index is 13.5. The molecule has 0 saturated carbocycles. The molecule has 9 heteroatoms. The number of ether oxygens (including phenoxy) is 1. The summed E-state index contributed by atoms with van der Waals surface area (Å²) in [7, 11) is -2.22. The molecule has 0 aliphatic heterocycles. The Bertz CT molecular complexity index is 951. The number of carbonyl (C=O) groups excluding carboxylic acids is 1. The van der Waals surface area contributed by atoms with Crippen molar-refractivity contribution in [3.63, 3.8) is 0 Å². The van der Waals surface area contributed by atoms with E-state index in [4.69, 9.17) is 9.88 Å². The van der Waals surface area contributed by atoms with Crippen LogP contribution in [0.3, 0.4) is 0 Å². The van der Waals surface area contributed by atoms with Crippen molar-refractivity contribution >= 4 is 15.9 Å². The van der Waals surface area contributed by atoms with Gasteiger partial charge in [0.15, 0.2) is 11.6 Å². The van der Waals surface area contributed by atoms with Gasteiger partial charge in [0.1, 0.15) is 5.82 Å². The lowest BCUT2D eigenvalue weighted by molar-refractivity contribution is -0.132. The Balaban J connectivity index is 1.90. The summed E-state index contributed by atoms with van der Waals surface area (Å²) >= 11 is 0. The van der Waals surface area contributed by atoms with E-state index < -0.39 is 21.7 Å². The molecule has 0 aliphatic carbocycles. The molecule has 0 aromatic heterocycles. The van der Waals surface area contributed by atoms with E-state index in [9.17, 15) is 22.0 Å². The number of carbonyl (C=O) groups is 1. The molecule has 2 rings (SSSR count). The smallest absolute Gasteiger partial charge is 0.238 e. The maximum Gasteiger partial charge on any atom is 0.238 e. The van der Waals surface area contributed by atoms with Crippen LogP contribution >= 0.6 is 0 Å². The van der Waals surface area contributed by atoms with Crippen molar-refractivity contribution in [2.75, 3.05) is 13.7 Å². The molecule has 152 valence electrons. The van der Waals surface area contributed by atoms with Crippen LogP contribution < -0.4 is 9.88 Å². The zero-order chi connectivity index (χ0) is 20.9. The molecule has 0 radical (unpaired) electrons. The summed E-state index contributed by atoms with van der Waals surface area (Å²) in [4.78, 5) is 13.8. The minimum Gasteiger partial charge on any atom is -0.491 e. The highest BCUT2D eigenvalue weighted by Crippen LogP contribution is 2.22. The van der Waals surface area contributed by atoms with Crippen LogP contribution in [-0.4, -0.2) is 32.9 Å². The van der Waals surface area contributed by atoms with Gasteiger partial charge >= 0.3 is 0 Å². The quantitative estimate of drug-likeness (QED) is 0.675. The summed E-state index contributed by atoms with van der Waals surface area (Å²) in [6, 6.07) is 8.74. The molecular formula is C19H22F2N2O4S. The largest absolute Gasteiger partial charge is 0.491 e. The minimum absolute atomic E-state index is 0.0209. The first kappa shape index (κ1) is 21.8. The summed E-state index contributed by atoms with van der Waals surface area (Å²) in [5, 5.41) is 5.14.